The Balaban J connectivity index is 2.13. The van der Waals surface area contributed by atoms with E-state index in [0.29, 0.717) is 11.3 Å². The first-order valence-corrected chi connectivity index (χ1v) is 6.91. The van der Waals surface area contributed by atoms with E-state index >= 15 is 0 Å². The monoisotopic (exact) mass is 287 g/mol. The van der Waals surface area contributed by atoms with Gasteiger partial charge < -0.3 is 9.84 Å². The zero-order valence-corrected chi connectivity index (χ0v) is 12.2. The van der Waals surface area contributed by atoms with Crippen molar-refractivity contribution in [2.45, 2.75) is 32.9 Å². The van der Waals surface area contributed by atoms with Crippen LogP contribution in [0.2, 0.25) is 0 Å². The van der Waals surface area contributed by atoms with Crippen LogP contribution in [-0.2, 0) is 9.59 Å². The number of ketones is 1. The number of allylic oxidation sites excluding steroid dienone is 1. The third-order valence-electron chi connectivity index (χ3n) is 4.26. The summed E-state index contributed by atoms with van der Waals surface area (Å²) in [6.45, 7) is 4.90. The first-order chi connectivity index (χ1) is 9.90. The Kier molecular flexibility index (Phi) is 3.01. The van der Waals surface area contributed by atoms with Crippen LogP contribution < -0.4 is 4.74 Å². The number of rotatable bonds is 1. The zero-order chi connectivity index (χ0) is 15.3. The van der Waals surface area contributed by atoms with E-state index in [1.807, 2.05) is 6.92 Å². The molecule has 0 bridgehead atoms. The lowest BCUT2D eigenvalue weighted by molar-refractivity contribution is -0.134. The van der Waals surface area contributed by atoms with Gasteiger partial charge in [0.2, 0.25) is 5.91 Å². The topological polar surface area (TPSA) is 66.8 Å². The quantitative estimate of drug-likeness (QED) is 0.859. The van der Waals surface area contributed by atoms with Gasteiger partial charge in [-0.05, 0) is 31.0 Å². The highest BCUT2D eigenvalue weighted by molar-refractivity contribution is 5.95. The Morgan fingerprint density at radius 1 is 1.29 bits per heavy atom. The number of Topliss-reactive ketones (excluding diaryl/α,β-unsaturated/α-hetero) is 1. The highest BCUT2D eigenvalue weighted by atomic mass is 16.5. The van der Waals surface area contributed by atoms with Crippen LogP contribution in [0.5, 0.6) is 11.5 Å². The van der Waals surface area contributed by atoms with Crippen LogP contribution in [0.3, 0.4) is 0 Å². The molecule has 0 aromatic heterocycles. The Morgan fingerprint density at radius 3 is 2.62 bits per heavy atom. The number of fused-ring (bicyclic) bond motifs is 3. The normalized spacial score (nSPS) is 26.5. The summed E-state index contributed by atoms with van der Waals surface area (Å²) in [7, 11) is 0. The summed E-state index contributed by atoms with van der Waals surface area (Å²) in [6.07, 6.45) is 1.14. The van der Waals surface area contributed by atoms with Crippen LogP contribution in [0.4, 0.5) is 0 Å². The van der Waals surface area contributed by atoms with Crippen LogP contribution in [0.25, 0.3) is 0 Å². The lowest BCUT2D eigenvalue weighted by Crippen LogP contribution is -2.46. The molecular formula is C16H17NO4. The molecule has 21 heavy (non-hydrogen) atoms. The molecule has 0 radical (unpaired) electrons. The third-order valence-corrected chi connectivity index (χ3v) is 4.26. The van der Waals surface area contributed by atoms with Gasteiger partial charge in [0.05, 0.1) is 5.92 Å². The minimum absolute atomic E-state index is 0.0548. The van der Waals surface area contributed by atoms with Crippen molar-refractivity contribution in [3.63, 3.8) is 0 Å². The fraction of sp³-hybridized carbons (Fsp3) is 0.375. The summed E-state index contributed by atoms with van der Waals surface area (Å²) < 4.78 is 5.88. The van der Waals surface area contributed by atoms with Crippen molar-refractivity contribution in [1.29, 1.82) is 0 Å². The summed E-state index contributed by atoms with van der Waals surface area (Å²) in [4.78, 5) is 25.2. The number of aromatic hydroxyl groups is 1. The van der Waals surface area contributed by atoms with E-state index in [9.17, 15) is 14.7 Å². The molecule has 1 amide bonds. The Morgan fingerprint density at radius 2 is 2.00 bits per heavy atom. The molecule has 3 atom stereocenters. The fourth-order valence-corrected chi connectivity index (χ4v) is 3.22. The molecule has 0 fully saturated rings. The minimum Gasteiger partial charge on any atom is -0.508 e. The van der Waals surface area contributed by atoms with Crippen molar-refractivity contribution in [2.75, 3.05) is 0 Å². The van der Waals surface area contributed by atoms with Gasteiger partial charge in [-0.2, -0.15) is 0 Å². The maximum absolute atomic E-state index is 11.9. The first-order valence-electron chi connectivity index (χ1n) is 6.91. The Labute approximate surface area is 122 Å². The number of ether oxygens (including phenoxy) is 1. The van der Waals surface area contributed by atoms with Gasteiger partial charge in [-0.3, -0.25) is 14.5 Å². The molecule has 2 heterocycles. The molecule has 0 aliphatic carbocycles. The standard InChI is InChI=1S/C16H17NO4/c1-8-13(9(2)18)7-17(10(3)19)16-15(8)12-6-11(20)4-5-14(12)21-16/h4-8,15-16,20H,1-3H3/t8-,15-,16+/m0/s1. The molecule has 2 aliphatic rings. The van der Waals surface area contributed by atoms with E-state index < -0.39 is 6.23 Å². The second-order valence-corrected chi connectivity index (χ2v) is 5.61. The average molecular weight is 287 g/mol. The van der Waals surface area contributed by atoms with Gasteiger partial charge in [0.1, 0.15) is 11.5 Å². The highest BCUT2D eigenvalue weighted by Gasteiger charge is 2.46. The molecule has 0 spiro atoms. The lowest BCUT2D eigenvalue weighted by atomic mass is 9.78. The van der Waals surface area contributed by atoms with Crippen LogP contribution in [-0.4, -0.2) is 27.9 Å². The van der Waals surface area contributed by atoms with Gasteiger partial charge in [0.15, 0.2) is 12.0 Å². The maximum Gasteiger partial charge on any atom is 0.226 e. The highest BCUT2D eigenvalue weighted by Crippen LogP contribution is 2.49. The predicted octanol–water partition coefficient (Wildman–Crippen LogP) is 2.17. The number of hydrogen-bond acceptors (Lipinski definition) is 4. The number of benzene rings is 1. The van der Waals surface area contributed by atoms with E-state index in [-0.39, 0.29) is 29.3 Å². The average Bonchev–Trinajstić information content (AvgIpc) is 2.77. The predicted molar refractivity (Wildman–Crippen MR) is 75.7 cm³/mol. The fourth-order valence-electron chi connectivity index (χ4n) is 3.22. The molecule has 5 heteroatoms. The van der Waals surface area contributed by atoms with Gasteiger partial charge in [-0.15, -0.1) is 0 Å². The van der Waals surface area contributed by atoms with Gasteiger partial charge in [-0.25, -0.2) is 0 Å². The lowest BCUT2D eigenvalue weighted by Gasteiger charge is -2.37. The van der Waals surface area contributed by atoms with Crippen molar-refractivity contribution >= 4 is 11.7 Å². The number of phenols is 1. The summed E-state index contributed by atoms with van der Waals surface area (Å²) in [5, 5.41) is 9.71. The van der Waals surface area contributed by atoms with Crippen molar-refractivity contribution in [3.8, 4) is 11.5 Å². The molecule has 3 rings (SSSR count). The Hall–Kier alpha value is -2.30. The number of carbonyl (C=O) groups is 2. The smallest absolute Gasteiger partial charge is 0.226 e. The van der Waals surface area contributed by atoms with Crippen LogP contribution in [0.15, 0.2) is 30.0 Å². The number of nitrogens with zero attached hydrogens (tertiary/aromatic N) is 1. The number of phenolic OH excluding ortho intramolecular Hbond substituents is 1. The first kappa shape index (κ1) is 13.7. The zero-order valence-electron chi connectivity index (χ0n) is 12.2. The molecule has 0 saturated carbocycles. The number of carbonyl (C=O) groups excluding carboxylic acids is 2. The largest absolute Gasteiger partial charge is 0.508 e. The van der Waals surface area contributed by atoms with Gasteiger partial charge in [-0.1, -0.05) is 6.92 Å². The van der Waals surface area contributed by atoms with E-state index in [0.717, 1.165) is 5.56 Å². The van der Waals surface area contributed by atoms with Crippen molar-refractivity contribution < 1.29 is 19.4 Å². The maximum atomic E-state index is 11.9. The van der Waals surface area contributed by atoms with Crippen LogP contribution >= 0.6 is 0 Å². The Bertz CT molecular complexity index is 664. The van der Waals surface area contributed by atoms with E-state index in [2.05, 4.69) is 0 Å². The van der Waals surface area contributed by atoms with Gasteiger partial charge >= 0.3 is 0 Å². The van der Waals surface area contributed by atoms with Gasteiger partial charge in [0, 0.05) is 24.3 Å². The van der Waals surface area contributed by atoms with Crippen molar-refractivity contribution in [3.05, 3.63) is 35.5 Å². The summed E-state index contributed by atoms with van der Waals surface area (Å²) in [5.41, 5.74) is 1.44. The second kappa shape index (κ2) is 4.62. The minimum atomic E-state index is -0.461. The summed E-state index contributed by atoms with van der Waals surface area (Å²) >= 11 is 0. The SMILES string of the molecule is CC(=O)C1=CN(C(C)=O)[C@@H]2Oc3ccc(O)cc3[C@@H]2[C@H]1C. The molecule has 0 saturated heterocycles. The van der Waals surface area contributed by atoms with Crippen LogP contribution in [0, 0.1) is 5.92 Å². The second-order valence-electron chi connectivity index (χ2n) is 5.61. The van der Waals surface area contributed by atoms with Crippen LogP contribution in [0.1, 0.15) is 32.3 Å². The summed E-state index contributed by atoms with van der Waals surface area (Å²) in [5.74, 6) is 0.345. The molecule has 1 aromatic carbocycles. The van der Waals surface area contributed by atoms with Gasteiger partial charge in [0.25, 0.3) is 0 Å². The third kappa shape index (κ3) is 2.00. The summed E-state index contributed by atoms with van der Waals surface area (Å²) in [6, 6.07) is 4.90. The molecular weight excluding hydrogens is 270 g/mol. The van der Waals surface area contributed by atoms with Crippen molar-refractivity contribution in [1.82, 2.24) is 4.90 Å². The molecule has 5 nitrogen and oxygen atoms in total. The molecule has 0 unspecified atom stereocenters. The van der Waals surface area contributed by atoms with E-state index in [4.69, 9.17) is 4.74 Å². The number of hydrogen-bond donors (Lipinski definition) is 1. The molecule has 1 aromatic rings. The van der Waals surface area contributed by atoms with E-state index in [1.165, 1.54) is 18.7 Å². The number of amides is 1. The molecule has 110 valence electrons. The van der Waals surface area contributed by atoms with E-state index in [1.54, 1.807) is 24.4 Å². The molecule has 1 N–H and O–H groups in total. The molecule has 2 aliphatic heterocycles. The van der Waals surface area contributed by atoms with Crippen molar-refractivity contribution in [2.24, 2.45) is 5.92 Å².